The molecule has 0 radical (unpaired) electrons. The summed E-state index contributed by atoms with van der Waals surface area (Å²) in [6.45, 7) is 4.90. The maximum absolute atomic E-state index is 13.0. The SMILES string of the molecule is CC(C)COc1ccc(C(=O)NC(=Cc2cccc([N+](=O)[O-])c2)C(=O)NCc2ccccc2)cc1. The van der Waals surface area contributed by atoms with E-state index in [1.165, 1.54) is 24.3 Å². The lowest BCUT2D eigenvalue weighted by Crippen LogP contribution is -2.34. The van der Waals surface area contributed by atoms with Crippen molar-refractivity contribution in [3.8, 4) is 5.75 Å². The van der Waals surface area contributed by atoms with E-state index in [0.717, 1.165) is 5.56 Å². The Balaban J connectivity index is 1.80. The van der Waals surface area contributed by atoms with Crippen LogP contribution in [0.15, 0.2) is 84.6 Å². The fourth-order valence-electron chi connectivity index (χ4n) is 3.09. The number of carbonyl (C=O) groups excluding carboxylic acids is 2. The molecule has 2 amide bonds. The highest BCUT2D eigenvalue weighted by Crippen LogP contribution is 2.17. The zero-order valence-electron chi connectivity index (χ0n) is 19.6. The van der Waals surface area contributed by atoms with Crippen molar-refractivity contribution in [1.29, 1.82) is 0 Å². The van der Waals surface area contributed by atoms with Crippen LogP contribution in [0.1, 0.15) is 35.3 Å². The van der Waals surface area contributed by atoms with Gasteiger partial charge in [-0.25, -0.2) is 0 Å². The van der Waals surface area contributed by atoms with Gasteiger partial charge in [-0.3, -0.25) is 19.7 Å². The molecule has 0 unspecified atom stereocenters. The molecule has 8 nitrogen and oxygen atoms in total. The Labute approximate surface area is 203 Å². The summed E-state index contributed by atoms with van der Waals surface area (Å²) in [5, 5.41) is 16.5. The number of non-ortho nitro benzene ring substituents is 1. The minimum atomic E-state index is -0.523. The Morgan fingerprint density at radius 1 is 1.00 bits per heavy atom. The molecule has 0 aliphatic rings. The van der Waals surface area contributed by atoms with Gasteiger partial charge in [0, 0.05) is 24.2 Å². The first-order valence-corrected chi connectivity index (χ1v) is 11.1. The molecule has 0 aromatic heterocycles. The molecule has 180 valence electrons. The second kappa shape index (κ2) is 12.1. The van der Waals surface area contributed by atoms with Gasteiger partial charge in [-0.1, -0.05) is 56.3 Å². The van der Waals surface area contributed by atoms with E-state index < -0.39 is 16.7 Å². The lowest BCUT2D eigenvalue weighted by Gasteiger charge is -2.12. The van der Waals surface area contributed by atoms with Crippen molar-refractivity contribution in [3.05, 3.63) is 111 Å². The number of nitrogens with zero attached hydrogens (tertiary/aromatic N) is 1. The fourth-order valence-corrected chi connectivity index (χ4v) is 3.09. The molecule has 0 bridgehead atoms. The van der Waals surface area contributed by atoms with E-state index in [1.54, 1.807) is 30.3 Å². The molecule has 2 N–H and O–H groups in total. The molecule has 3 aromatic carbocycles. The molecule has 0 saturated heterocycles. The number of amides is 2. The smallest absolute Gasteiger partial charge is 0.270 e. The van der Waals surface area contributed by atoms with Crippen molar-refractivity contribution in [2.45, 2.75) is 20.4 Å². The van der Waals surface area contributed by atoms with Gasteiger partial charge < -0.3 is 15.4 Å². The average Bonchev–Trinajstić information content (AvgIpc) is 2.86. The molecule has 3 rings (SSSR count). The summed E-state index contributed by atoms with van der Waals surface area (Å²) < 4.78 is 5.64. The number of benzene rings is 3. The van der Waals surface area contributed by atoms with Crippen molar-refractivity contribution in [1.82, 2.24) is 10.6 Å². The number of hydrogen-bond acceptors (Lipinski definition) is 5. The summed E-state index contributed by atoms with van der Waals surface area (Å²) in [6.07, 6.45) is 1.41. The van der Waals surface area contributed by atoms with Crippen LogP contribution in [0.2, 0.25) is 0 Å². The number of nitro groups is 1. The molecule has 0 aliphatic heterocycles. The minimum Gasteiger partial charge on any atom is -0.493 e. The van der Waals surface area contributed by atoms with Crippen LogP contribution in [0, 0.1) is 16.0 Å². The van der Waals surface area contributed by atoms with Gasteiger partial charge in [0.05, 0.1) is 11.5 Å². The predicted octanol–water partition coefficient (Wildman–Crippen LogP) is 4.72. The summed E-state index contributed by atoms with van der Waals surface area (Å²) in [7, 11) is 0. The van der Waals surface area contributed by atoms with Gasteiger partial charge in [0.15, 0.2) is 0 Å². The maximum atomic E-state index is 13.0. The first kappa shape index (κ1) is 25.2. The number of carbonyl (C=O) groups is 2. The summed E-state index contributed by atoms with van der Waals surface area (Å²) in [4.78, 5) is 36.5. The molecular weight excluding hydrogens is 446 g/mol. The largest absolute Gasteiger partial charge is 0.493 e. The lowest BCUT2D eigenvalue weighted by atomic mass is 10.1. The number of nitrogens with one attached hydrogen (secondary N) is 2. The Hall–Kier alpha value is -4.46. The summed E-state index contributed by atoms with van der Waals surface area (Å²) in [5.41, 5.74) is 1.47. The van der Waals surface area contributed by atoms with E-state index >= 15 is 0 Å². The Morgan fingerprint density at radius 3 is 2.37 bits per heavy atom. The van der Waals surface area contributed by atoms with Crippen LogP contribution in [-0.4, -0.2) is 23.3 Å². The van der Waals surface area contributed by atoms with Gasteiger partial charge in [-0.15, -0.1) is 0 Å². The minimum absolute atomic E-state index is 0.0356. The Bertz CT molecular complexity index is 1210. The van der Waals surface area contributed by atoms with Gasteiger partial charge in [0.25, 0.3) is 17.5 Å². The van der Waals surface area contributed by atoms with E-state index in [1.807, 2.05) is 44.2 Å². The molecule has 0 aliphatic carbocycles. The second-order valence-electron chi connectivity index (χ2n) is 8.26. The molecule has 0 fully saturated rings. The maximum Gasteiger partial charge on any atom is 0.270 e. The molecule has 3 aromatic rings. The zero-order valence-corrected chi connectivity index (χ0v) is 19.6. The molecule has 0 heterocycles. The Morgan fingerprint density at radius 2 is 1.71 bits per heavy atom. The highest BCUT2D eigenvalue weighted by atomic mass is 16.6. The monoisotopic (exact) mass is 473 g/mol. The molecule has 0 saturated carbocycles. The molecule has 8 heteroatoms. The van der Waals surface area contributed by atoms with Gasteiger partial charge in [-0.05, 0) is 47.4 Å². The van der Waals surface area contributed by atoms with Crippen molar-refractivity contribution in [3.63, 3.8) is 0 Å². The van der Waals surface area contributed by atoms with Crippen molar-refractivity contribution in [2.75, 3.05) is 6.61 Å². The van der Waals surface area contributed by atoms with Crippen LogP contribution in [0.25, 0.3) is 6.08 Å². The molecule has 0 atom stereocenters. The first-order chi connectivity index (χ1) is 16.8. The van der Waals surface area contributed by atoms with Crippen LogP contribution in [0.4, 0.5) is 5.69 Å². The zero-order chi connectivity index (χ0) is 25.2. The second-order valence-corrected chi connectivity index (χ2v) is 8.26. The highest BCUT2D eigenvalue weighted by molar-refractivity contribution is 6.05. The van der Waals surface area contributed by atoms with Gasteiger partial charge in [0.2, 0.25) is 0 Å². The highest BCUT2D eigenvalue weighted by Gasteiger charge is 2.16. The van der Waals surface area contributed by atoms with Crippen LogP contribution in [0.3, 0.4) is 0 Å². The van der Waals surface area contributed by atoms with Gasteiger partial charge in [0.1, 0.15) is 11.4 Å². The van der Waals surface area contributed by atoms with E-state index in [2.05, 4.69) is 10.6 Å². The third-order valence-electron chi connectivity index (χ3n) is 4.88. The number of nitro benzene ring substituents is 1. The van der Waals surface area contributed by atoms with E-state index in [-0.39, 0.29) is 17.9 Å². The topological polar surface area (TPSA) is 111 Å². The van der Waals surface area contributed by atoms with Crippen molar-refractivity contribution < 1.29 is 19.2 Å². The van der Waals surface area contributed by atoms with Crippen molar-refractivity contribution >= 4 is 23.6 Å². The van der Waals surface area contributed by atoms with E-state index in [9.17, 15) is 19.7 Å². The summed E-state index contributed by atoms with van der Waals surface area (Å²) in [5.74, 6) is -0.00496. The summed E-state index contributed by atoms with van der Waals surface area (Å²) >= 11 is 0. The van der Waals surface area contributed by atoms with Crippen LogP contribution in [-0.2, 0) is 11.3 Å². The van der Waals surface area contributed by atoms with Crippen LogP contribution < -0.4 is 15.4 Å². The number of rotatable bonds is 10. The standard InChI is InChI=1S/C27H27N3O5/c1-19(2)18-35-24-13-11-22(12-14-24)26(31)29-25(16-21-9-6-10-23(15-21)30(33)34)27(32)28-17-20-7-4-3-5-8-20/h3-16,19H,17-18H2,1-2H3,(H,28,32)(H,29,31). The third-order valence-corrected chi connectivity index (χ3v) is 4.88. The van der Waals surface area contributed by atoms with Gasteiger partial charge in [-0.2, -0.15) is 0 Å². The lowest BCUT2D eigenvalue weighted by molar-refractivity contribution is -0.384. The van der Waals surface area contributed by atoms with E-state index in [0.29, 0.717) is 29.4 Å². The molecule has 35 heavy (non-hydrogen) atoms. The third kappa shape index (κ3) is 7.82. The average molecular weight is 474 g/mol. The normalized spacial score (nSPS) is 11.1. The predicted molar refractivity (Wildman–Crippen MR) is 134 cm³/mol. The quantitative estimate of drug-likeness (QED) is 0.252. The van der Waals surface area contributed by atoms with E-state index in [4.69, 9.17) is 4.74 Å². The Kier molecular flexibility index (Phi) is 8.72. The first-order valence-electron chi connectivity index (χ1n) is 11.1. The number of hydrogen-bond donors (Lipinski definition) is 2. The van der Waals surface area contributed by atoms with Crippen molar-refractivity contribution in [2.24, 2.45) is 5.92 Å². The molecular formula is C27H27N3O5. The van der Waals surface area contributed by atoms with Gasteiger partial charge >= 0.3 is 0 Å². The number of ether oxygens (including phenoxy) is 1. The fraction of sp³-hybridized carbons (Fsp3) is 0.185. The van der Waals surface area contributed by atoms with Crippen LogP contribution in [0.5, 0.6) is 5.75 Å². The summed E-state index contributed by atoms with van der Waals surface area (Å²) in [6, 6.07) is 21.7. The van der Waals surface area contributed by atoms with Crippen LogP contribution >= 0.6 is 0 Å². The molecule has 0 spiro atoms.